The summed E-state index contributed by atoms with van der Waals surface area (Å²) in [6.07, 6.45) is 0. The lowest BCUT2D eigenvalue weighted by atomic mass is 10.1. The predicted octanol–water partition coefficient (Wildman–Crippen LogP) is 2.53. The Hall–Kier alpha value is -2.38. The summed E-state index contributed by atoms with van der Waals surface area (Å²) >= 11 is 0. The molecule has 7 heteroatoms. The molecule has 27 heavy (non-hydrogen) atoms. The molecule has 1 aromatic carbocycles. The van der Waals surface area contributed by atoms with E-state index >= 15 is 0 Å². The Bertz CT molecular complexity index is 736. The number of nitrogens with one attached hydrogen (secondary N) is 1. The van der Waals surface area contributed by atoms with Crippen LogP contribution < -0.4 is 10.1 Å². The van der Waals surface area contributed by atoms with Crippen molar-refractivity contribution in [2.45, 2.75) is 33.4 Å². The van der Waals surface area contributed by atoms with Crippen molar-refractivity contribution < 1.29 is 14.1 Å². The van der Waals surface area contributed by atoms with Crippen LogP contribution >= 0.6 is 0 Å². The fraction of sp³-hybridized carbons (Fsp3) is 0.500. The Balaban J connectivity index is 1.45. The molecule has 0 aliphatic carbocycles. The first-order valence-corrected chi connectivity index (χ1v) is 9.47. The summed E-state index contributed by atoms with van der Waals surface area (Å²) in [5.74, 6) is 2.01. The van der Waals surface area contributed by atoms with E-state index in [1.807, 2.05) is 26.0 Å². The molecule has 2 aromatic rings. The van der Waals surface area contributed by atoms with Gasteiger partial charge in [-0.1, -0.05) is 17.3 Å². The maximum atomic E-state index is 12.4. The highest BCUT2D eigenvalue weighted by Crippen LogP contribution is 2.16. The molecule has 0 radical (unpaired) electrons. The number of hydrogen-bond donors (Lipinski definition) is 1. The number of amides is 1. The van der Waals surface area contributed by atoms with E-state index in [0.717, 1.165) is 38.5 Å². The Labute approximate surface area is 160 Å². The number of rotatable bonds is 7. The van der Waals surface area contributed by atoms with Gasteiger partial charge in [-0.15, -0.1) is 0 Å². The molecule has 1 aromatic heterocycles. The van der Waals surface area contributed by atoms with Crippen LogP contribution in [-0.2, 0) is 11.3 Å². The number of ether oxygens (including phenoxy) is 1. The molecule has 146 valence electrons. The highest BCUT2D eigenvalue weighted by Gasteiger charge is 2.26. The van der Waals surface area contributed by atoms with Gasteiger partial charge in [-0.3, -0.25) is 14.6 Å². The summed E-state index contributed by atoms with van der Waals surface area (Å²) < 4.78 is 10.5. The predicted molar refractivity (Wildman–Crippen MR) is 104 cm³/mol. The van der Waals surface area contributed by atoms with Crippen LogP contribution in [0.4, 0.5) is 5.82 Å². The molecular weight excluding hydrogens is 344 g/mol. The molecule has 1 amide bonds. The summed E-state index contributed by atoms with van der Waals surface area (Å²) in [6.45, 7) is 10.9. The van der Waals surface area contributed by atoms with Crippen molar-refractivity contribution in [3.8, 4) is 5.75 Å². The first kappa shape index (κ1) is 19.4. The number of anilines is 1. The second-order valence-electron chi connectivity index (χ2n) is 6.88. The van der Waals surface area contributed by atoms with E-state index in [0.29, 0.717) is 18.2 Å². The van der Waals surface area contributed by atoms with E-state index in [2.05, 4.69) is 32.4 Å². The minimum atomic E-state index is -0.199. The number of benzene rings is 1. The quantitative estimate of drug-likeness (QED) is 0.805. The van der Waals surface area contributed by atoms with Crippen molar-refractivity contribution >= 4 is 11.7 Å². The first-order chi connectivity index (χ1) is 13.0. The zero-order chi connectivity index (χ0) is 19.2. The van der Waals surface area contributed by atoms with Crippen molar-refractivity contribution in [3.05, 3.63) is 41.7 Å². The van der Waals surface area contributed by atoms with Gasteiger partial charge in [-0.25, -0.2) is 0 Å². The molecule has 1 aliphatic rings. The Morgan fingerprint density at radius 1 is 1.26 bits per heavy atom. The van der Waals surface area contributed by atoms with Crippen LogP contribution in [0, 0.1) is 6.92 Å². The molecule has 7 nitrogen and oxygen atoms in total. The first-order valence-electron chi connectivity index (χ1n) is 9.47. The lowest BCUT2D eigenvalue weighted by Gasteiger charge is -2.37. The standard InChI is InChI=1S/C20H28N4O3/c1-4-26-18-7-5-17(6-8-18)14-23-9-11-24(12-10-23)16(3)20(25)21-19-13-15(2)27-22-19/h5-8,13,16H,4,9-12,14H2,1-3H3,(H,21,22,25). The molecule has 0 spiro atoms. The van der Waals surface area contributed by atoms with E-state index in [9.17, 15) is 4.79 Å². The van der Waals surface area contributed by atoms with Gasteiger partial charge >= 0.3 is 0 Å². The number of nitrogens with zero attached hydrogens (tertiary/aromatic N) is 3. The molecule has 3 rings (SSSR count). The second-order valence-corrected chi connectivity index (χ2v) is 6.88. The van der Waals surface area contributed by atoms with Crippen molar-refractivity contribution in [1.82, 2.24) is 15.0 Å². The SMILES string of the molecule is CCOc1ccc(CN2CCN(C(C)C(=O)Nc3cc(C)on3)CC2)cc1. The van der Waals surface area contributed by atoms with E-state index in [1.54, 1.807) is 13.0 Å². The van der Waals surface area contributed by atoms with Crippen LogP contribution in [0.25, 0.3) is 0 Å². The van der Waals surface area contributed by atoms with Crippen molar-refractivity contribution in [3.63, 3.8) is 0 Å². The Morgan fingerprint density at radius 2 is 1.96 bits per heavy atom. The monoisotopic (exact) mass is 372 g/mol. The number of aromatic nitrogens is 1. The van der Waals surface area contributed by atoms with Crippen LogP contribution in [0.2, 0.25) is 0 Å². The second kappa shape index (κ2) is 9.01. The number of carbonyl (C=O) groups is 1. The molecule has 1 saturated heterocycles. The van der Waals surface area contributed by atoms with Gasteiger partial charge in [0.1, 0.15) is 11.5 Å². The smallest absolute Gasteiger partial charge is 0.242 e. The molecule has 1 aliphatic heterocycles. The van der Waals surface area contributed by atoms with Gasteiger partial charge in [0.05, 0.1) is 12.6 Å². The van der Waals surface area contributed by atoms with Gasteiger partial charge in [-0.2, -0.15) is 0 Å². The summed E-state index contributed by atoms with van der Waals surface area (Å²) in [5, 5.41) is 6.63. The van der Waals surface area contributed by atoms with Crippen molar-refractivity contribution in [2.75, 3.05) is 38.1 Å². The van der Waals surface area contributed by atoms with Gasteiger partial charge < -0.3 is 14.6 Å². The van der Waals surface area contributed by atoms with Crippen LogP contribution in [0.15, 0.2) is 34.9 Å². The van der Waals surface area contributed by atoms with Gasteiger partial charge in [0, 0.05) is 38.8 Å². The third kappa shape index (κ3) is 5.30. The highest BCUT2D eigenvalue weighted by atomic mass is 16.5. The fourth-order valence-electron chi connectivity index (χ4n) is 3.25. The summed E-state index contributed by atoms with van der Waals surface area (Å²) in [7, 11) is 0. The van der Waals surface area contributed by atoms with Crippen molar-refractivity contribution in [2.24, 2.45) is 0 Å². The van der Waals surface area contributed by atoms with Gasteiger partial charge in [0.2, 0.25) is 5.91 Å². The molecule has 2 heterocycles. The third-order valence-corrected chi connectivity index (χ3v) is 4.85. The van der Waals surface area contributed by atoms with E-state index < -0.39 is 0 Å². The van der Waals surface area contributed by atoms with Gasteiger partial charge in [-0.05, 0) is 38.5 Å². The van der Waals surface area contributed by atoms with Crippen molar-refractivity contribution in [1.29, 1.82) is 0 Å². The number of carbonyl (C=O) groups excluding carboxylic acids is 1. The fourth-order valence-corrected chi connectivity index (χ4v) is 3.25. The lowest BCUT2D eigenvalue weighted by Crippen LogP contribution is -2.52. The minimum Gasteiger partial charge on any atom is -0.494 e. The number of aryl methyl sites for hydroxylation is 1. The van der Waals surface area contributed by atoms with Gasteiger partial charge in [0.15, 0.2) is 5.82 Å². The van der Waals surface area contributed by atoms with E-state index in [4.69, 9.17) is 9.26 Å². The molecule has 0 bridgehead atoms. The molecule has 1 unspecified atom stereocenters. The molecule has 1 atom stereocenters. The van der Waals surface area contributed by atoms with Crippen LogP contribution in [0.3, 0.4) is 0 Å². The number of hydrogen-bond acceptors (Lipinski definition) is 6. The Morgan fingerprint density at radius 3 is 2.56 bits per heavy atom. The zero-order valence-electron chi connectivity index (χ0n) is 16.3. The minimum absolute atomic E-state index is 0.0525. The molecule has 1 N–H and O–H groups in total. The average molecular weight is 372 g/mol. The normalized spacial score (nSPS) is 16.9. The average Bonchev–Trinajstić information content (AvgIpc) is 3.08. The number of piperazine rings is 1. The van der Waals surface area contributed by atoms with Crippen LogP contribution in [0.1, 0.15) is 25.2 Å². The summed E-state index contributed by atoms with van der Waals surface area (Å²) in [5.41, 5.74) is 1.28. The largest absolute Gasteiger partial charge is 0.494 e. The maximum Gasteiger partial charge on any atom is 0.242 e. The highest BCUT2D eigenvalue weighted by molar-refractivity contribution is 5.93. The third-order valence-electron chi connectivity index (χ3n) is 4.85. The Kier molecular flexibility index (Phi) is 6.47. The lowest BCUT2D eigenvalue weighted by molar-refractivity contribution is -0.121. The molecule has 0 saturated carbocycles. The summed E-state index contributed by atoms with van der Waals surface area (Å²) in [6, 6.07) is 9.80. The van der Waals surface area contributed by atoms with E-state index in [1.165, 1.54) is 5.56 Å². The molecular formula is C20H28N4O3. The van der Waals surface area contributed by atoms with Gasteiger partial charge in [0.25, 0.3) is 0 Å². The molecule has 1 fully saturated rings. The van der Waals surface area contributed by atoms with Crippen LogP contribution in [0.5, 0.6) is 5.75 Å². The topological polar surface area (TPSA) is 70.8 Å². The maximum absolute atomic E-state index is 12.4. The summed E-state index contributed by atoms with van der Waals surface area (Å²) in [4.78, 5) is 17.0. The van der Waals surface area contributed by atoms with Crippen LogP contribution in [-0.4, -0.2) is 59.7 Å². The zero-order valence-corrected chi connectivity index (χ0v) is 16.3. The van der Waals surface area contributed by atoms with E-state index in [-0.39, 0.29) is 11.9 Å².